The third-order valence-electron chi connectivity index (χ3n) is 3.04. The molecule has 0 bridgehead atoms. The Bertz CT molecular complexity index is 745. The van der Waals surface area contributed by atoms with Gasteiger partial charge in [0.1, 0.15) is 10.7 Å². The van der Waals surface area contributed by atoms with Gasteiger partial charge in [0.15, 0.2) is 0 Å². The van der Waals surface area contributed by atoms with Crippen molar-refractivity contribution in [3.8, 4) is 0 Å². The zero-order valence-electron chi connectivity index (χ0n) is 13.7. The largest absolute Gasteiger partial charge is 0.352 e. The normalized spacial score (nSPS) is 10.7. The van der Waals surface area contributed by atoms with Crippen molar-refractivity contribution in [3.63, 3.8) is 0 Å². The molecule has 0 fully saturated rings. The van der Waals surface area contributed by atoms with Gasteiger partial charge in [-0.15, -0.1) is 11.3 Å². The molecular weight excluding hydrogens is 348 g/mol. The Morgan fingerprint density at radius 2 is 2.04 bits per heavy atom. The van der Waals surface area contributed by atoms with E-state index in [9.17, 15) is 9.59 Å². The molecule has 0 atom stereocenters. The second-order valence-corrected chi connectivity index (χ2v) is 6.72. The van der Waals surface area contributed by atoms with E-state index < -0.39 is 0 Å². The summed E-state index contributed by atoms with van der Waals surface area (Å²) in [5.74, 6) is -0.596. The zero-order valence-corrected chi connectivity index (χ0v) is 15.3. The molecule has 0 saturated carbocycles. The standard InChI is InChI=1S/C16H19ClN4O2S/c1-4-18-15(22)11-7-10(5-6-12(11)17)19-16(23)13-9-24-14(20-13)8-21(2)3/h5-7,9H,4,8H2,1-3H3,(H,18,22)(H,19,23). The lowest BCUT2D eigenvalue weighted by molar-refractivity contribution is 0.0954. The van der Waals surface area contributed by atoms with Crippen molar-refractivity contribution in [1.29, 1.82) is 0 Å². The minimum absolute atomic E-state index is 0.277. The minimum Gasteiger partial charge on any atom is -0.352 e. The molecule has 2 N–H and O–H groups in total. The molecule has 0 aliphatic heterocycles. The number of thiazole rings is 1. The first-order valence-electron chi connectivity index (χ1n) is 7.39. The number of hydrogen-bond donors (Lipinski definition) is 2. The number of benzene rings is 1. The lowest BCUT2D eigenvalue weighted by atomic mass is 10.2. The first kappa shape index (κ1) is 18.4. The van der Waals surface area contributed by atoms with Crippen LogP contribution in [0.4, 0.5) is 5.69 Å². The van der Waals surface area contributed by atoms with Crippen LogP contribution in [0.25, 0.3) is 0 Å². The molecule has 1 heterocycles. The van der Waals surface area contributed by atoms with Crippen LogP contribution in [0.3, 0.4) is 0 Å². The topological polar surface area (TPSA) is 74.3 Å². The summed E-state index contributed by atoms with van der Waals surface area (Å²) in [4.78, 5) is 30.5. The number of rotatable bonds is 6. The summed E-state index contributed by atoms with van der Waals surface area (Å²) >= 11 is 7.48. The number of anilines is 1. The molecule has 24 heavy (non-hydrogen) atoms. The van der Waals surface area contributed by atoms with Crippen molar-refractivity contribution in [2.24, 2.45) is 0 Å². The smallest absolute Gasteiger partial charge is 0.275 e. The summed E-state index contributed by atoms with van der Waals surface area (Å²) in [6.07, 6.45) is 0. The Balaban J connectivity index is 2.12. The van der Waals surface area contributed by atoms with E-state index in [1.165, 1.54) is 11.3 Å². The SMILES string of the molecule is CCNC(=O)c1cc(NC(=O)c2csc(CN(C)C)n2)ccc1Cl. The fourth-order valence-corrected chi connectivity index (χ4v) is 3.08. The van der Waals surface area contributed by atoms with Gasteiger partial charge in [-0.3, -0.25) is 9.59 Å². The Morgan fingerprint density at radius 1 is 1.29 bits per heavy atom. The number of amides is 2. The molecule has 0 radical (unpaired) electrons. The Kier molecular flexibility index (Phi) is 6.30. The van der Waals surface area contributed by atoms with Crippen LogP contribution in [-0.2, 0) is 6.54 Å². The molecule has 8 heteroatoms. The maximum Gasteiger partial charge on any atom is 0.275 e. The number of hydrogen-bond acceptors (Lipinski definition) is 5. The van der Waals surface area contributed by atoms with E-state index in [-0.39, 0.29) is 11.8 Å². The quantitative estimate of drug-likeness (QED) is 0.824. The van der Waals surface area contributed by atoms with Crippen LogP contribution in [0.1, 0.15) is 32.8 Å². The summed E-state index contributed by atoms with van der Waals surface area (Å²) in [5.41, 5.74) is 1.17. The molecule has 1 aromatic carbocycles. The van der Waals surface area contributed by atoms with E-state index in [4.69, 9.17) is 11.6 Å². The van der Waals surface area contributed by atoms with E-state index in [1.807, 2.05) is 25.9 Å². The van der Waals surface area contributed by atoms with Crippen molar-refractivity contribution >= 4 is 40.4 Å². The van der Waals surface area contributed by atoms with Crippen LogP contribution in [0, 0.1) is 0 Å². The van der Waals surface area contributed by atoms with Gasteiger partial charge in [-0.2, -0.15) is 0 Å². The lowest BCUT2D eigenvalue weighted by Crippen LogP contribution is -2.23. The van der Waals surface area contributed by atoms with Gasteiger partial charge in [0.2, 0.25) is 0 Å². The first-order valence-corrected chi connectivity index (χ1v) is 8.64. The molecule has 2 aromatic rings. The summed E-state index contributed by atoms with van der Waals surface area (Å²) in [5, 5.41) is 8.34. The van der Waals surface area contributed by atoms with Crippen molar-refractivity contribution in [1.82, 2.24) is 15.2 Å². The van der Waals surface area contributed by atoms with Gasteiger partial charge in [0.25, 0.3) is 11.8 Å². The third kappa shape index (κ3) is 4.77. The highest BCUT2D eigenvalue weighted by molar-refractivity contribution is 7.09. The van der Waals surface area contributed by atoms with Crippen molar-refractivity contribution < 1.29 is 9.59 Å². The average molecular weight is 367 g/mol. The van der Waals surface area contributed by atoms with Crippen LogP contribution in [0.15, 0.2) is 23.6 Å². The van der Waals surface area contributed by atoms with Gasteiger partial charge in [-0.05, 0) is 39.2 Å². The van der Waals surface area contributed by atoms with E-state index in [2.05, 4.69) is 15.6 Å². The number of aromatic nitrogens is 1. The molecule has 6 nitrogen and oxygen atoms in total. The maximum atomic E-state index is 12.3. The highest BCUT2D eigenvalue weighted by atomic mass is 35.5. The highest BCUT2D eigenvalue weighted by Crippen LogP contribution is 2.21. The van der Waals surface area contributed by atoms with Gasteiger partial charge >= 0.3 is 0 Å². The van der Waals surface area contributed by atoms with Crippen LogP contribution in [0.5, 0.6) is 0 Å². The van der Waals surface area contributed by atoms with E-state index in [0.717, 1.165) is 5.01 Å². The number of halogens is 1. The van der Waals surface area contributed by atoms with Gasteiger partial charge < -0.3 is 15.5 Å². The molecule has 2 amide bonds. The molecule has 0 aliphatic carbocycles. The Morgan fingerprint density at radius 3 is 2.71 bits per heavy atom. The first-order chi connectivity index (χ1) is 11.4. The van der Waals surface area contributed by atoms with E-state index in [0.29, 0.717) is 35.1 Å². The monoisotopic (exact) mass is 366 g/mol. The average Bonchev–Trinajstić information content (AvgIpc) is 2.97. The maximum absolute atomic E-state index is 12.3. The van der Waals surface area contributed by atoms with Gasteiger partial charge in [0.05, 0.1) is 10.6 Å². The second kappa shape index (κ2) is 8.23. The molecule has 2 rings (SSSR count). The fraction of sp³-hybridized carbons (Fsp3) is 0.312. The van der Waals surface area contributed by atoms with Gasteiger partial charge in [-0.25, -0.2) is 4.98 Å². The number of nitrogens with zero attached hydrogens (tertiary/aromatic N) is 2. The molecule has 128 valence electrons. The predicted molar refractivity (Wildman–Crippen MR) is 96.9 cm³/mol. The van der Waals surface area contributed by atoms with Crippen LogP contribution < -0.4 is 10.6 Å². The molecule has 0 saturated heterocycles. The van der Waals surface area contributed by atoms with Gasteiger partial charge in [-0.1, -0.05) is 11.6 Å². The van der Waals surface area contributed by atoms with Crippen LogP contribution in [-0.4, -0.2) is 42.3 Å². The predicted octanol–water partition coefficient (Wildman–Crippen LogP) is 2.86. The third-order valence-corrected chi connectivity index (χ3v) is 4.21. The highest BCUT2D eigenvalue weighted by Gasteiger charge is 2.14. The molecular formula is C16H19ClN4O2S. The van der Waals surface area contributed by atoms with Crippen LogP contribution in [0.2, 0.25) is 5.02 Å². The van der Waals surface area contributed by atoms with Crippen molar-refractivity contribution in [2.75, 3.05) is 26.0 Å². The lowest BCUT2D eigenvalue weighted by Gasteiger charge is -2.08. The summed E-state index contributed by atoms with van der Waals surface area (Å²) in [6, 6.07) is 4.79. The number of carbonyl (C=O) groups excluding carboxylic acids is 2. The Labute approximate surface area is 149 Å². The number of carbonyl (C=O) groups is 2. The molecule has 1 aromatic heterocycles. The minimum atomic E-state index is -0.319. The number of nitrogens with one attached hydrogen (secondary N) is 2. The molecule has 0 spiro atoms. The second-order valence-electron chi connectivity index (χ2n) is 5.37. The fourth-order valence-electron chi connectivity index (χ4n) is 1.99. The Hall–Kier alpha value is -1.96. The summed E-state index contributed by atoms with van der Waals surface area (Å²) < 4.78 is 0. The van der Waals surface area contributed by atoms with E-state index in [1.54, 1.807) is 23.6 Å². The summed E-state index contributed by atoms with van der Waals surface area (Å²) in [6.45, 7) is 3.00. The van der Waals surface area contributed by atoms with Crippen molar-refractivity contribution in [2.45, 2.75) is 13.5 Å². The summed E-state index contributed by atoms with van der Waals surface area (Å²) in [7, 11) is 3.88. The zero-order chi connectivity index (χ0) is 17.7. The van der Waals surface area contributed by atoms with Gasteiger partial charge in [0, 0.05) is 24.2 Å². The molecule has 0 unspecified atom stereocenters. The molecule has 0 aliphatic rings. The van der Waals surface area contributed by atoms with Crippen molar-refractivity contribution in [3.05, 3.63) is 44.9 Å². The van der Waals surface area contributed by atoms with Crippen LogP contribution >= 0.6 is 22.9 Å². The van der Waals surface area contributed by atoms with E-state index >= 15 is 0 Å².